The minimum absolute atomic E-state index is 0.0105. The second-order valence-corrected chi connectivity index (χ2v) is 5.56. The van der Waals surface area contributed by atoms with Crippen molar-refractivity contribution in [3.05, 3.63) is 0 Å². The molecule has 4 nitrogen and oxygen atoms in total. The fraction of sp³-hybridized carbons (Fsp3) is 0.769. The molecule has 1 amide bonds. The highest BCUT2D eigenvalue weighted by atomic mass is 32.2. The van der Waals surface area contributed by atoms with Gasteiger partial charge in [0, 0.05) is 25.1 Å². The van der Waals surface area contributed by atoms with E-state index < -0.39 is 0 Å². The maximum Gasteiger partial charge on any atom is 0.226 e. The number of carbonyl (C=O) groups is 3. The third-order valence-electron chi connectivity index (χ3n) is 2.81. The van der Waals surface area contributed by atoms with Crippen molar-refractivity contribution in [3.63, 3.8) is 0 Å². The van der Waals surface area contributed by atoms with Gasteiger partial charge in [-0.1, -0.05) is 25.6 Å². The molecular formula is C13H23NO3S. The molecule has 0 heterocycles. The van der Waals surface area contributed by atoms with Crippen LogP contribution in [0.3, 0.4) is 0 Å². The van der Waals surface area contributed by atoms with Gasteiger partial charge in [0.1, 0.15) is 0 Å². The zero-order chi connectivity index (χ0) is 14.3. The second kappa shape index (κ2) is 8.29. The van der Waals surface area contributed by atoms with Crippen LogP contribution in [-0.4, -0.2) is 40.0 Å². The molecule has 0 aromatic carbocycles. The third kappa shape index (κ3) is 5.21. The van der Waals surface area contributed by atoms with E-state index in [4.69, 9.17) is 0 Å². The highest BCUT2D eigenvalue weighted by Gasteiger charge is 2.27. The lowest BCUT2D eigenvalue weighted by Crippen LogP contribution is -2.46. The lowest BCUT2D eigenvalue weighted by Gasteiger charge is -2.30. The summed E-state index contributed by atoms with van der Waals surface area (Å²) in [7, 11) is 0. The number of ketones is 1. The van der Waals surface area contributed by atoms with Gasteiger partial charge in [0.05, 0.1) is 6.04 Å². The van der Waals surface area contributed by atoms with Crippen molar-refractivity contribution in [1.82, 2.24) is 4.90 Å². The van der Waals surface area contributed by atoms with Gasteiger partial charge < -0.3 is 4.90 Å². The first-order valence-electron chi connectivity index (χ1n) is 6.29. The maximum atomic E-state index is 12.2. The minimum atomic E-state index is -0.340. The second-order valence-electron chi connectivity index (χ2n) is 4.36. The molecule has 0 spiro atoms. The Bertz CT molecular complexity index is 317. The molecule has 0 aliphatic heterocycles. The Hall–Kier alpha value is -0.840. The fourth-order valence-electron chi connectivity index (χ4n) is 1.85. The Morgan fingerprint density at radius 2 is 1.72 bits per heavy atom. The van der Waals surface area contributed by atoms with Crippen LogP contribution in [-0.2, 0) is 14.4 Å². The molecule has 0 aromatic rings. The van der Waals surface area contributed by atoms with Crippen molar-refractivity contribution in [2.24, 2.45) is 5.92 Å². The number of likely N-dealkylation sites (N-methyl/N-ethyl adjacent to an activating group) is 1. The number of carbonyl (C=O) groups excluding carboxylic acids is 3. The summed E-state index contributed by atoms with van der Waals surface area (Å²) < 4.78 is 0. The van der Waals surface area contributed by atoms with Crippen LogP contribution in [0, 0.1) is 5.92 Å². The van der Waals surface area contributed by atoms with E-state index >= 15 is 0 Å². The number of amides is 1. The normalized spacial score (nSPS) is 13.8. The molecule has 18 heavy (non-hydrogen) atoms. The summed E-state index contributed by atoms with van der Waals surface area (Å²) in [6, 6.07) is -0.340. The van der Waals surface area contributed by atoms with Crippen molar-refractivity contribution in [1.29, 1.82) is 0 Å². The Kier molecular flexibility index (Phi) is 7.91. The van der Waals surface area contributed by atoms with Crippen LogP contribution in [0.2, 0.25) is 0 Å². The topological polar surface area (TPSA) is 54.5 Å². The average Bonchev–Trinajstić information content (AvgIpc) is 2.31. The number of hydrogen-bond acceptors (Lipinski definition) is 4. The van der Waals surface area contributed by atoms with E-state index in [9.17, 15) is 14.4 Å². The maximum absolute atomic E-state index is 12.2. The standard InChI is InChI=1S/C13H23NO3S/c1-6-12(10(4)15)14(7-2)13(17)9(3)8-18-11(5)16/h9,12H,6-8H2,1-5H3. The van der Waals surface area contributed by atoms with Gasteiger partial charge in [-0.05, 0) is 20.3 Å². The number of hydrogen-bond donors (Lipinski definition) is 0. The summed E-state index contributed by atoms with van der Waals surface area (Å²) >= 11 is 1.15. The largest absolute Gasteiger partial charge is 0.333 e. The summed E-state index contributed by atoms with van der Waals surface area (Å²) in [5.41, 5.74) is 0. The van der Waals surface area contributed by atoms with Gasteiger partial charge in [-0.3, -0.25) is 14.4 Å². The van der Waals surface area contributed by atoms with Gasteiger partial charge in [-0.2, -0.15) is 0 Å². The minimum Gasteiger partial charge on any atom is -0.333 e. The van der Waals surface area contributed by atoms with E-state index in [0.717, 1.165) is 11.8 Å². The Morgan fingerprint density at radius 3 is 2.06 bits per heavy atom. The molecular weight excluding hydrogens is 250 g/mol. The third-order valence-corrected chi connectivity index (χ3v) is 3.89. The molecule has 2 unspecified atom stereocenters. The number of Topliss-reactive ketones (excluding diaryl/α,β-unsaturated/α-hetero) is 1. The zero-order valence-corrected chi connectivity index (χ0v) is 12.7. The van der Waals surface area contributed by atoms with E-state index in [1.54, 1.807) is 11.8 Å². The van der Waals surface area contributed by atoms with Crippen LogP contribution < -0.4 is 0 Å². The molecule has 0 saturated carbocycles. The molecule has 0 radical (unpaired) electrons. The monoisotopic (exact) mass is 273 g/mol. The highest BCUT2D eigenvalue weighted by molar-refractivity contribution is 8.13. The molecule has 0 aliphatic carbocycles. The SMILES string of the molecule is CCC(C(C)=O)N(CC)C(=O)C(C)CSC(C)=O. The summed E-state index contributed by atoms with van der Waals surface area (Å²) in [6.45, 7) is 9.09. The van der Waals surface area contributed by atoms with E-state index in [-0.39, 0.29) is 28.8 Å². The van der Waals surface area contributed by atoms with Crippen LogP contribution in [0.15, 0.2) is 0 Å². The quantitative estimate of drug-likeness (QED) is 0.713. The van der Waals surface area contributed by atoms with E-state index in [2.05, 4.69) is 0 Å². The van der Waals surface area contributed by atoms with Crippen LogP contribution in [0.1, 0.15) is 41.0 Å². The van der Waals surface area contributed by atoms with Crippen LogP contribution >= 0.6 is 11.8 Å². The Labute approximate surface area is 113 Å². The van der Waals surface area contributed by atoms with E-state index in [1.807, 2.05) is 13.8 Å². The predicted octanol–water partition coefficient (Wildman–Crippen LogP) is 2.12. The Balaban J connectivity index is 4.68. The highest BCUT2D eigenvalue weighted by Crippen LogP contribution is 2.15. The van der Waals surface area contributed by atoms with Gasteiger partial charge in [-0.25, -0.2) is 0 Å². The lowest BCUT2D eigenvalue weighted by atomic mass is 10.1. The van der Waals surface area contributed by atoms with Crippen LogP contribution in [0.5, 0.6) is 0 Å². The number of nitrogens with zero attached hydrogens (tertiary/aromatic N) is 1. The van der Waals surface area contributed by atoms with Gasteiger partial charge in [0.15, 0.2) is 10.9 Å². The van der Waals surface area contributed by atoms with Crippen LogP contribution in [0.4, 0.5) is 0 Å². The van der Waals surface area contributed by atoms with Gasteiger partial charge in [-0.15, -0.1) is 0 Å². The molecule has 0 aromatic heterocycles. The van der Waals surface area contributed by atoms with Crippen LogP contribution in [0.25, 0.3) is 0 Å². The molecule has 5 heteroatoms. The molecule has 0 fully saturated rings. The molecule has 0 bridgehead atoms. The predicted molar refractivity (Wildman–Crippen MR) is 74.5 cm³/mol. The average molecular weight is 273 g/mol. The fourth-order valence-corrected chi connectivity index (χ4v) is 2.48. The van der Waals surface area contributed by atoms with Gasteiger partial charge in [0.2, 0.25) is 5.91 Å². The first-order chi connectivity index (χ1) is 8.34. The summed E-state index contributed by atoms with van der Waals surface area (Å²) in [5.74, 6) is 0.193. The molecule has 0 N–H and O–H groups in total. The van der Waals surface area contributed by atoms with Crippen molar-refractivity contribution in [3.8, 4) is 0 Å². The molecule has 0 rings (SSSR count). The van der Waals surface area contributed by atoms with E-state index in [1.165, 1.54) is 13.8 Å². The first-order valence-corrected chi connectivity index (χ1v) is 7.27. The first kappa shape index (κ1) is 17.2. The smallest absolute Gasteiger partial charge is 0.226 e. The summed E-state index contributed by atoms with van der Waals surface area (Å²) in [6.07, 6.45) is 0.626. The van der Waals surface area contributed by atoms with Gasteiger partial charge in [0.25, 0.3) is 0 Å². The molecule has 104 valence electrons. The van der Waals surface area contributed by atoms with Crippen molar-refractivity contribution in [2.75, 3.05) is 12.3 Å². The molecule has 0 saturated heterocycles. The summed E-state index contributed by atoms with van der Waals surface area (Å²) in [5, 5.41) is 0.0105. The van der Waals surface area contributed by atoms with Crippen molar-refractivity contribution < 1.29 is 14.4 Å². The number of rotatable bonds is 7. The molecule has 2 atom stereocenters. The van der Waals surface area contributed by atoms with Crippen molar-refractivity contribution in [2.45, 2.75) is 47.1 Å². The zero-order valence-electron chi connectivity index (χ0n) is 11.9. The lowest BCUT2D eigenvalue weighted by molar-refractivity contribution is -0.141. The number of thioether (sulfide) groups is 1. The van der Waals surface area contributed by atoms with Gasteiger partial charge >= 0.3 is 0 Å². The molecule has 0 aliphatic rings. The van der Waals surface area contributed by atoms with Crippen molar-refractivity contribution >= 4 is 28.6 Å². The Morgan fingerprint density at radius 1 is 1.17 bits per heavy atom. The summed E-state index contributed by atoms with van der Waals surface area (Å²) in [4.78, 5) is 36.3. The van der Waals surface area contributed by atoms with E-state index in [0.29, 0.717) is 18.7 Å².